The predicted octanol–water partition coefficient (Wildman–Crippen LogP) is 4.16. The Hall–Kier alpha value is -3.93. The van der Waals surface area contributed by atoms with E-state index in [1.807, 2.05) is 6.07 Å². The van der Waals surface area contributed by atoms with E-state index in [0.29, 0.717) is 34.6 Å². The molecular weight excluding hydrogens is 394 g/mol. The van der Waals surface area contributed by atoms with Gasteiger partial charge in [0.25, 0.3) is 0 Å². The molecule has 1 heterocycles. The minimum atomic E-state index is -2.95. The number of hydrogen-bond donors (Lipinski definition) is 2. The minimum Gasteiger partial charge on any atom is -0.492 e. The molecule has 9 heteroatoms. The molecule has 0 fully saturated rings. The number of anilines is 2. The number of benzene rings is 2. The van der Waals surface area contributed by atoms with Gasteiger partial charge >= 0.3 is 6.61 Å². The molecule has 2 N–H and O–H groups in total. The lowest BCUT2D eigenvalue weighted by molar-refractivity contribution is -0.114. The molecule has 0 unspecified atom stereocenters. The van der Waals surface area contributed by atoms with Gasteiger partial charge in [0.15, 0.2) is 0 Å². The molecule has 0 radical (unpaired) electrons. The SMILES string of the molecule is CC(=O)Nc1cccc(OCCNc2c(C#N)cnc3ccc(OC(F)F)cc23)c1. The van der Waals surface area contributed by atoms with Gasteiger partial charge in [0.2, 0.25) is 5.91 Å². The van der Waals surface area contributed by atoms with Crippen LogP contribution in [0.25, 0.3) is 10.9 Å². The molecule has 1 amide bonds. The second-order valence-corrected chi connectivity index (χ2v) is 6.20. The highest BCUT2D eigenvalue weighted by atomic mass is 19.3. The fourth-order valence-electron chi connectivity index (χ4n) is 2.83. The van der Waals surface area contributed by atoms with Crippen molar-refractivity contribution in [1.82, 2.24) is 4.98 Å². The second kappa shape index (κ2) is 9.52. The molecule has 30 heavy (non-hydrogen) atoms. The molecule has 3 aromatic rings. The zero-order valence-electron chi connectivity index (χ0n) is 16.0. The van der Waals surface area contributed by atoms with Gasteiger partial charge in [-0.15, -0.1) is 0 Å². The van der Waals surface area contributed by atoms with E-state index in [1.54, 1.807) is 30.3 Å². The smallest absolute Gasteiger partial charge is 0.387 e. The number of carbonyl (C=O) groups is 1. The van der Waals surface area contributed by atoms with Crippen LogP contribution >= 0.6 is 0 Å². The molecule has 0 atom stereocenters. The first-order chi connectivity index (χ1) is 14.5. The van der Waals surface area contributed by atoms with Crippen LogP contribution in [-0.4, -0.2) is 30.7 Å². The van der Waals surface area contributed by atoms with Crippen molar-refractivity contribution in [2.45, 2.75) is 13.5 Å². The number of pyridine rings is 1. The van der Waals surface area contributed by atoms with E-state index in [0.717, 1.165) is 0 Å². The summed E-state index contributed by atoms with van der Waals surface area (Å²) in [5.41, 5.74) is 1.87. The van der Waals surface area contributed by atoms with Gasteiger partial charge in [-0.05, 0) is 30.3 Å². The van der Waals surface area contributed by atoms with E-state index in [2.05, 4.69) is 20.4 Å². The third-order valence-corrected chi connectivity index (χ3v) is 4.01. The number of nitrogens with zero attached hydrogens (tertiary/aromatic N) is 2. The third kappa shape index (κ3) is 5.32. The maximum Gasteiger partial charge on any atom is 0.387 e. The lowest BCUT2D eigenvalue weighted by Gasteiger charge is -2.13. The van der Waals surface area contributed by atoms with E-state index in [4.69, 9.17) is 4.74 Å². The summed E-state index contributed by atoms with van der Waals surface area (Å²) in [6.45, 7) is -0.947. The highest BCUT2D eigenvalue weighted by molar-refractivity contribution is 5.94. The van der Waals surface area contributed by atoms with Gasteiger partial charge in [-0.3, -0.25) is 9.78 Å². The normalized spacial score (nSPS) is 10.5. The number of aromatic nitrogens is 1. The van der Waals surface area contributed by atoms with Gasteiger partial charge in [0, 0.05) is 36.8 Å². The van der Waals surface area contributed by atoms with Crippen molar-refractivity contribution >= 4 is 28.2 Å². The summed E-state index contributed by atoms with van der Waals surface area (Å²) >= 11 is 0. The van der Waals surface area contributed by atoms with E-state index >= 15 is 0 Å². The average molecular weight is 412 g/mol. The molecule has 7 nitrogen and oxygen atoms in total. The number of fused-ring (bicyclic) bond motifs is 1. The molecule has 0 saturated carbocycles. The van der Waals surface area contributed by atoms with Crippen molar-refractivity contribution in [2.75, 3.05) is 23.8 Å². The second-order valence-electron chi connectivity index (χ2n) is 6.20. The lowest BCUT2D eigenvalue weighted by Crippen LogP contribution is -2.13. The Morgan fingerprint density at radius 2 is 2.07 bits per heavy atom. The number of ether oxygens (including phenoxy) is 2. The largest absolute Gasteiger partial charge is 0.492 e. The van der Waals surface area contributed by atoms with Crippen LogP contribution in [0.15, 0.2) is 48.7 Å². The number of rotatable bonds is 8. The first-order valence-corrected chi connectivity index (χ1v) is 8.98. The Balaban J connectivity index is 1.72. The number of halogens is 2. The molecule has 0 aliphatic carbocycles. The number of nitriles is 1. The van der Waals surface area contributed by atoms with Gasteiger partial charge in [-0.1, -0.05) is 6.07 Å². The van der Waals surface area contributed by atoms with Crippen LogP contribution in [0.5, 0.6) is 11.5 Å². The molecular formula is C21H18F2N4O3. The summed E-state index contributed by atoms with van der Waals surface area (Å²) in [6.07, 6.45) is 1.41. The number of alkyl halides is 2. The van der Waals surface area contributed by atoms with Gasteiger partial charge < -0.3 is 20.1 Å². The fraction of sp³-hybridized carbons (Fsp3) is 0.190. The van der Waals surface area contributed by atoms with Crippen LogP contribution < -0.4 is 20.1 Å². The zero-order chi connectivity index (χ0) is 21.5. The van der Waals surface area contributed by atoms with Crippen molar-refractivity contribution in [2.24, 2.45) is 0 Å². The van der Waals surface area contributed by atoms with Crippen molar-refractivity contribution in [3.8, 4) is 17.6 Å². The molecule has 0 aliphatic rings. The Morgan fingerprint density at radius 1 is 1.23 bits per heavy atom. The topological polar surface area (TPSA) is 96.3 Å². The first kappa shape index (κ1) is 20.8. The molecule has 0 spiro atoms. The Labute approximate surface area is 171 Å². The van der Waals surface area contributed by atoms with E-state index in [1.165, 1.54) is 25.3 Å². The number of nitrogens with one attached hydrogen (secondary N) is 2. The van der Waals surface area contributed by atoms with Gasteiger partial charge in [-0.2, -0.15) is 14.0 Å². The van der Waals surface area contributed by atoms with Gasteiger partial charge in [0.1, 0.15) is 24.2 Å². The molecule has 154 valence electrons. The lowest BCUT2D eigenvalue weighted by atomic mass is 10.1. The standard InChI is InChI=1S/C21H18F2N4O3/c1-13(28)27-15-3-2-4-16(9-15)29-8-7-25-20-14(11-24)12-26-19-6-5-17(10-18(19)20)30-21(22)23/h2-6,9-10,12,21H,7-8H2,1H3,(H,25,26)(H,27,28). The van der Waals surface area contributed by atoms with Crippen molar-refractivity contribution in [3.63, 3.8) is 0 Å². The summed E-state index contributed by atoms with van der Waals surface area (Å²) < 4.78 is 35.2. The number of amides is 1. The average Bonchev–Trinajstić information content (AvgIpc) is 2.70. The number of hydrogen-bond acceptors (Lipinski definition) is 6. The highest BCUT2D eigenvalue weighted by Gasteiger charge is 2.12. The Morgan fingerprint density at radius 3 is 2.80 bits per heavy atom. The first-order valence-electron chi connectivity index (χ1n) is 8.98. The zero-order valence-corrected chi connectivity index (χ0v) is 16.0. The summed E-state index contributed by atoms with van der Waals surface area (Å²) in [5, 5.41) is 15.6. The van der Waals surface area contributed by atoms with Gasteiger partial charge in [-0.25, -0.2) is 0 Å². The van der Waals surface area contributed by atoms with E-state index in [9.17, 15) is 18.8 Å². The van der Waals surface area contributed by atoms with Crippen LogP contribution in [0, 0.1) is 11.3 Å². The maximum atomic E-state index is 12.5. The number of carbonyl (C=O) groups excluding carboxylic acids is 1. The molecule has 0 saturated heterocycles. The van der Waals surface area contributed by atoms with E-state index in [-0.39, 0.29) is 23.8 Å². The third-order valence-electron chi connectivity index (χ3n) is 4.01. The fourth-order valence-corrected chi connectivity index (χ4v) is 2.83. The monoisotopic (exact) mass is 412 g/mol. The highest BCUT2D eigenvalue weighted by Crippen LogP contribution is 2.29. The molecule has 3 rings (SSSR count). The van der Waals surface area contributed by atoms with Crippen LogP contribution in [0.4, 0.5) is 20.2 Å². The van der Waals surface area contributed by atoms with Crippen molar-refractivity contribution < 1.29 is 23.0 Å². The summed E-state index contributed by atoms with van der Waals surface area (Å²) in [7, 11) is 0. The quantitative estimate of drug-likeness (QED) is 0.540. The van der Waals surface area contributed by atoms with Crippen LogP contribution in [0.1, 0.15) is 12.5 Å². The van der Waals surface area contributed by atoms with Crippen molar-refractivity contribution in [3.05, 3.63) is 54.2 Å². The van der Waals surface area contributed by atoms with Gasteiger partial charge in [0.05, 0.1) is 16.8 Å². The molecule has 2 aromatic carbocycles. The maximum absolute atomic E-state index is 12.5. The van der Waals surface area contributed by atoms with Crippen LogP contribution in [0.2, 0.25) is 0 Å². The summed E-state index contributed by atoms with van der Waals surface area (Å²) in [5.74, 6) is 0.358. The summed E-state index contributed by atoms with van der Waals surface area (Å²) in [6, 6.07) is 13.3. The molecule has 1 aromatic heterocycles. The van der Waals surface area contributed by atoms with E-state index < -0.39 is 6.61 Å². The minimum absolute atomic E-state index is 0.0246. The Bertz CT molecular complexity index is 1100. The molecule has 0 aliphatic heterocycles. The molecule has 0 bridgehead atoms. The summed E-state index contributed by atoms with van der Waals surface area (Å²) in [4.78, 5) is 15.3. The van der Waals surface area contributed by atoms with Crippen molar-refractivity contribution in [1.29, 1.82) is 5.26 Å². The Kier molecular flexibility index (Phi) is 6.60. The van der Waals surface area contributed by atoms with Crippen LogP contribution in [-0.2, 0) is 4.79 Å². The predicted molar refractivity (Wildman–Crippen MR) is 108 cm³/mol. The van der Waals surface area contributed by atoms with Crippen LogP contribution in [0.3, 0.4) is 0 Å².